The summed E-state index contributed by atoms with van der Waals surface area (Å²) in [7, 11) is 0. The van der Waals surface area contributed by atoms with Gasteiger partial charge in [0.1, 0.15) is 17.4 Å². The van der Waals surface area contributed by atoms with E-state index in [1.807, 2.05) is 12.1 Å². The van der Waals surface area contributed by atoms with Crippen molar-refractivity contribution in [2.45, 2.75) is 64.2 Å². The molecule has 0 aliphatic heterocycles. The molecule has 0 amide bonds. The van der Waals surface area contributed by atoms with Gasteiger partial charge in [-0.05, 0) is 99.7 Å². The summed E-state index contributed by atoms with van der Waals surface area (Å²) < 4.78 is 33.8. The van der Waals surface area contributed by atoms with Gasteiger partial charge < -0.3 is 4.74 Å². The lowest BCUT2D eigenvalue weighted by Gasteiger charge is -2.41. The second kappa shape index (κ2) is 11.1. The van der Waals surface area contributed by atoms with Gasteiger partial charge in [-0.15, -0.1) is 6.58 Å². The highest BCUT2D eigenvalue weighted by Gasteiger charge is 2.35. The van der Waals surface area contributed by atoms with Gasteiger partial charge in [0, 0.05) is 17.7 Å². The zero-order chi connectivity index (χ0) is 24.1. The number of hydrogen-bond donors (Lipinski definition) is 0. The Balaban J connectivity index is 1.37. The molecule has 4 rings (SSSR count). The van der Waals surface area contributed by atoms with Crippen LogP contribution in [0.5, 0.6) is 5.75 Å². The Bertz CT molecular complexity index is 1020. The van der Waals surface area contributed by atoms with E-state index < -0.39 is 17.6 Å². The molecule has 4 unspecified atom stereocenters. The summed E-state index contributed by atoms with van der Waals surface area (Å²) in [4.78, 5) is 12.6. The average molecular weight is 465 g/mol. The Morgan fingerprint density at radius 1 is 1.03 bits per heavy atom. The number of ether oxygens (including phenoxy) is 1. The van der Waals surface area contributed by atoms with E-state index in [-0.39, 0.29) is 17.7 Å². The third-order valence-corrected chi connectivity index (χ3v) is 7.66. The quantitative estimate of drug-likeness (QED) is 0.235. The number of carbonyl (C=O) groups excluding carboxylic acids is 1. The van der Waals surface area contributed by atoms with Crippen molar-refractivity contribution in [1.82, 2.24) is 0 Å². The van der Waals surface area contributed by atoms with Crippen molar-refractivity contribution in [3.63, 3.8) is 0 Å². The van der Waals surface area contributed by atoms with Crippen molar-refractivity contribution in [2.75, 3.05) is 0 Å². The fourth-order valence-corrected chi connectivity index (χ4v) is 5.86. The minimum atomic E-state index is -0.713. The van der Waals surface area contributed by atoms with Crippen molar-refractivity contribution < 1.29 is 18.3 Å². The summed E-state index contributed by atoms with van der Waals surface area (Å²) in [5.74, 6) is 0.738. The normalized spacial score (nSPS) is 24.6. The lowest BCUT2D eigenvalue weighted by Crippen LogP contribution is -2.30. The number of rotatable bonds is 7. The smallest absolute Gasteiger partial charge is 0.343 e. The molecule has 0 saturated heterocycles. The maximum absolute atomic E-state index is 14.3. The largest absolute Gasteiger partial charge is 0.423 e. The molecular weight excluding hydrogens is 430 g/mol. The molecule has 4 heteroatoms. The van der Waals surface area contributed by atoms with Crippen LogP contribution in [0, 0.1) is 29.4 Å². The molecule has 0 N–H and O–H groups in total. The highest BCUT2D eigenvalue weighted by molar-refractivity contribution is 5.91. The van der Waals surface area contributed by atoms with Gasteiger partial charge in [-0.1, -0.05) is 30.4 Å². The number of carbonyl (C=O) groups is 1. The van der Waals surface area contributed by atoms with Crippen molar-refractivity contribution in [2.24, 2.45) is 17.8 Å². The van der Waals surface area contributed by atoms with E-state index in [2.05, 4.69) is 25.7 Å². The second-order valence-electron chi connectivity index (χ2n) is 9.83. The van der Waals surface area contributed by atoms with Crippen LogP contribution in [-0.2, 0) is 6.42 Å². The maximum atomic E-state index is 14.3. The van der Waals surface area contributed by atoms with Crippen LogP contribution in [0.25, 0.3) is 0 Å². The van der Waals surface area contributed by atoms with Crippen LogP contribution in [0.15, 0.2) is 61.2 Å². The average Bonchev–Trinajstić information content (AvgIpc) is 2.83. The maximum Gasteiger partial charge on any atom is 0.343 e. The fourth-order valence-electron chi connectivity index (χ4n) is 5.86. The summed E-state index contributed by atoms with van der Waals surface area (Å²) in [5.41, 5.74) is 1.61. The molecule has 0 bridgehead atoms. The van der Waals surface area contributed by atoms with E-state index in [0.717, 1.165) is 29.9 Å². The molecule has 2 fully saturated rings. The SMILES string of the molecule is C=CCCc1c(F)cc(OC(=O)c2ccc(C3CCC4CC(/C=C/C)CCC4C3)cc2)cc1F. The molecule has 0 radical (unpaired) electrons. The molecule has 2 nitrogen and oxygen atoms in total. The first-order valence-corrected chi connectivity index (χ1v) is 12.5. The Morgan fingerprint density at radius 2 is 1.71 bits per heavy atom. The molecular formula is C30H34F2O2. The molecule has 4 atom stereocenters. The topological polar surface area (TPSA) is 26.3 Å². The van der Waals surface area contributed by atoms with E-state index in [1.165, 1.54) is 44.1 Å². The predicted molar refractivity (Wildman–Crippen MR) is 132 cm³/mol. The Labute approximate surface area is 201 Å². The minimum Gasteiger partial charge on any atom is -0.423 e. The summed E-state index contributed by atoms with van der Waals surface area (Å²) in [6.07, 6.45) is 14.5. The highest BCUT2D eigenvalue weighted by atomic mass is 19.1. The van der Waals surface area contributed by atoms with Crippen LogP contribution in [0.2, 0.25) is 0 Å². The first-order valence-electron chi connectivity index (χ1n) is 12.5. The van der Waals surface area contributed by atoms with Gasteiger partial charge in [0.25, 0.3) is 0 Å². The molecule has 0 spiro atoms. The second-order valence-corrected chi connectivity index (χ2v) is 9.83. The van der Waals surface area contributed by atoms with Crippen molar-refractivity contribution in [1.29, 1.82) is 0 Å². The third-order valence-electron chi connectivity index (χ3n) is 7.66. The zero-order valence-corrected chi connectivity index (χ0v) is 19.9. The Morgan fingerprint density at radius 3 is 2.38 bits per heavy atom. The lowest BCUT2D eigenvalue weighted by molar-refractivity contribution is 0.0734. The van der Waals surface area contributed by atoms with Crippen LogP contribution in [0.1, 0.15) is 79.3 Å². The van der Waals surface area contributed by atoms with Crippen LogP contribution < -0.4 is 4.74 Å². The van der Waals surface area contributed by atoms with Gasteiger partial charge in [0.05, 0.1) is 5.56 Å². The van der Waals surface area contributed by atoms with Gasteiger partial charge in [-0.2, -0.15) is 0 Å². The summed E-state index contributed by atoms with van der Waals surface area (Å²) in [5, 5.41) is 0. The highest BCUT2D eigenvalue weighted by Crippen LogP contribution is 2.47. The van der Waals surface area contributed by atoms with Crippen LogP contribution in [-0.4, -0.2) is 5.97 Å². The number of allylic oxidation sites excluding steroid dienone is 3. The van der Waals surface area contributed by atoms with E-state index in [1.54, 1.807) is 18.2 Å². The predicted octanol–water partition coefficient (Wildman–Crippen LogP) is 8.18. The van der Waals surface area contributed by atoms with Crippen molar-refractivity contribution >= 4 is 5.97 Å². The van der Waals surface area contributed by atoms with E-state index in [0.29, 0.717) is 17.9 Å². The summed E-state index contributed by atoms with van der Waals surface area (Å²) >= 11 is 0. The van der Waals surface area contributed by atoms with Crippen molar-refractivity contribution in [3.8, 4) is 5.75 Å². The fraction of sp³-hybridized carbons (Fsp3) is 0.433. The number of benzene rings is 2. The number of halogens is 2. The van der Waals surface area contributed by atoms with E-state index in [9.17, 15) is 13.6 Å². The molecule has 34 heavy (non-hydrogen) atoms. The van der Waals surface area contributed by atoms with Gasteiger partial charge >= 0.3 is 5.97 Å². The zero-order valence-electron chi connectivity index (χ0n) is 19.9. The lowest BCUT2D eigenvalue weighted by atomic mass is 9.64. The van der Waals surface area contributed by atoms with Gasteiger partial charge in [-0.25, -0.2) is 13.6 Å². The Hall–Kier alpha value is -2.75. The summed E-state index contributed by atoms with van der Waals surface area (Å²) in [6, 6.07) is 9.67. The molecule has 2 aliphatic rings. The van der Waals surface area contributed by atoms with Gasteiger partial charge in [-0.3, -0.25) is 0 Å². The molecule has 0 aromatic heterocycles. The van der Waals surface area contributed by atoms with Gasteiger partial charge in [0.2, 0.25) is 0 Å². The molecule has 2 saturated carbocycles. The van der Waals surface area contributed by atoms with Crippen LogP contribution in [0.3, 0.4) is 0 Å². The van der Waals surface area contributed by atoms with E-state index in [4.69, 9.17) is 4.74 Å². The third kappa shape index (κ3) is 5.65. The number of hydrogen-bond acceptors (Lipinski definition) is 2. The summed E-state index contributed by atoms with van der Waals surface area (Å²) in [6.45, 7) is 5.68. The molecule has 180 valence electrons. The van der Waals surface area contributed by atoms with Crippen LogP contribution >= 0.6 is 0 Å². The first kappa shape index (κ1) is 24.4. The Kier molecular flexibility index (Phi) is 7.97. The van der Waals surface area contributed by atoms with Crippen molar-refractivity contribution in [3.05, 3.63) is 89.5 Å². The first-order chi connectivity index (χ1) is 16.5. The number of esters is 1. The van der Waals surface area contributed by atoms with Crippen LogP contribution in [0.4, 0.5) is 8.78 Å². The molecule has 2 aromatic rings. The number of fused-ring (bicyclic) bond motifs is 1. The molecule has 0 heterocycles. The minimum absolute atomic E-state index is 0.0194. The van der Waals surface area contributed by atoms with Gasteiger partial charge in [0.15, 0.2) is 0 Å². The monoisotopic (exact) mass is 464 g/mol. The molecule has 2 aliphatic carbocycles. The van der Waals surface area contributed by atoms with E-state index >= 15 is 0 Å². The standard InChI is InChI=1S/C30H34F2O2/c1-3-5-7-27-28(31)18-26(19-29(27)32)34-30(33)22-12-10-21(11-13-22)24-15-14-23-16-20(6-4-2)8-9-25(23)17-24/h3-4,6,10-13,18-20,23-25H,1,5,7-9,14-17H2,2H3/b6-4+. The molecule has 2 aromatic carbocycles.